The van der Waals surface area contributed by atoms with Crippen molar-refractivity contribution in [2.45, 2.75) is 13.0 Å². The van der Waals surface area contributed by atoms with Crippen LogP contribution >= 0.6 is 11.6 Å². The Morgan fingerprint density at radius 2 is 1.77 bits per heavy atom. The lowest BCUT2D eigenvalue weighted by Gasteiger charge is -2.14. The number of nitrogens with one attached hydrogen (secondary N) is 1. The molecule has 1 amide bonds. The molecule has 0 fully saturated rings. The topological polar surface area (TPSA) is 75.6 Å². The predicted octanol–water partition coefficient (Wildman–Crippen LogP) is 3.23. The highest BCUT2D eigenvalue weighted by molar-refractivity contribution is 6.30. The third-order valence-electron chi connectivity index (χ3n) is 2.89. The zero-order chi connectivity index (χ0) is 16.1. The molecule has 0 aliphatic carbocycles. The minimum Gasteiger partial charge on any atom is -0.507 e. The first-order valence-corrected chi connectivity index (χ1v) is 6.90. The molecule has 1 atom stereocenters. The Balaban J connectivity index is 1.98. The fourth-order valence-electron chi connectivity index (χ4n) is 1.70. The molecular formula is C16H14ClNO4. The SMILES string of the molecule is CC(OC(=O)c1ccccc1O)C(=O)Nc1ccc(Cl)cc1. The number of ether oxygens (including phenoxy) is 1. The fraction of sp³-hybridized carbons (Fsp3) is 0.125. The lowest BCUT2D eigenvalue weighted by Crippen LogP contribution is -2.30. The summed E-state index contributed by atoms with van der Waals surface area (Å²) in [7, 11) is 0. The van der Waals surface area contributed by atoms with Crippen LogP contribution in [0.2, 0.25) is 5.02 Å². The maximum absolute atomic E-state index is 12.0. The van der Waals surface area contributed by atoms with Crippen LogP contribution in [-0.4, -0.2) is 23.1 Å². The molecule has 5 nitrogen and oxygen atoms in total. The van der Waals surface area contributed by atoms with E-state index in [-0.39, 0.29) is 11.3 Å². The van der Waals surface area contributed by atoms with Gasteiger partial charge in [0, 0.05) is 10.7 Å². The molecule has 0 aliphatic heterocycles. The van der Waals surface area contributed by atoms with E-state index in [0.29, 0.717) is 10.7 Å². The molecule has 2 rings (SSSR count). The number of halogens is 1. The van der Waals surface area contributed by atoms with Crippen LogP contribution in [-0.2, 0) is 9.53 Å². The summed E-state index contributed by atoms with van der Waals surface area (Å²) in [6.07, 6.45) is -1.01. The second-order valence-corrected chi connectivity index (χ2v) is 5.00. The number of carbonyl (C=O) groups is 2. The number of benzene rings is 2. The number of amides is 1. The van der Waals surface area contributed by atoms with E-state index in [1.807, 2.05) is 0 Å². The normalized spacial score (nSPS) is 11.5. The van der Waals surface area contributed by atoms with Crippen molar-refractivity contribution in [1.82, 2.24) is 0 Å². The van der Waals surface area contributed by atoms with Crippen molar-refractivity contribution in [3.8, 4) is 5.75 Å². The van der Waals surface area contributed by atoms with Gasteiger partial charge in [-0.1, -0.05) is 23.7 Å². The fourth-order valence-corrected chi connectivity index (χ4v) is 1.83. The molecular weight excluding hydrogens is 306 g/mol. The Hall–Kier alpha value is -2.53. The highest BCUT2D eigenvalue weighted by atomic mass is 35.5. The number of carbonyl (C=O) groups excluding carboxylic acids is 2. The molecule has 2 N–H and O–H groups in total. The number of aromatic hydroxyl groups is 1. The summed E-state index contributed by atoms with van der Waals surface area (Å²) in [6, 6.07) is 12.5. The van der Waals surface area contributed by atoms with Crippen LogP contribution in [0.3, 0.4) is 0 Å². The number of phenols is 1. The van der Waals surface area contributed by atoms with Crippen LogP contribution in [0.5, 0.6) is 5.75 Å². The average Bonchev–Trinajstić information content (AvgIpc) is 2.49. The van der Waals surface area contributed by atoms with Gasteiger partial charge in [0.1, 0.15) is 11.3 Å². The van der Waals surface area contributed by atoms with Crippen molar-refractivity contribution in [3.63, 3.8) is 0 Å². The molecule has 1 unspecified atom stereocenters. The third kappa shape index (κ3) is 3.99. The van der Waals surface area contributed by atoms with Gasteiger partial charge in [-0.2, -0.15) is 0 Å². The maximum Gasteiger partial charge on any atom is 0.342 e. The van der Waals surface area contributed by atoms with E-state index in [0.717, 1.165) is 0 Å². The predicted molar refractivity (Wildman–Crippen MR) is 83.1 cm³/mol. The van der Waals surface area contributed by atoms with E-state index in [4.69, 9.17) is 16.3 Å². The van der Waals surface area contributed by atoms with Gasteiger partial charge in [0.2, 0.25) is 0 Å². The molecule has 2 aromatic rings. The summed E-state index contributed by atoms with van der Waals surface area (Å²) in [4.78, 5) is 23.9. The van der Waals surface area contributed by atoms with Gasteiger partial charge in [-0.15, -0.1) is 0 Å². The van der Waals surface area contributed by atoms with E-state index < -0.39 is 18.0 Å². The second kappa shape index (κ2) is 6.95. The standard InChI is InChI=1S/C16H14ClNO4/c1-10(15(20)18-12-8-6-11(17)7-9-12)22-16(21)13-4-2-3-5-14(13)19/h2-10,19H,1H3,(H,18,20). The smallest absolute Gasteiger partial charge is 0.342 e. The number of esters is 1. The van der Waals surface area contributed by atoms with E-state index in [1.165, 1.54) is 19.1 Å². The summed E-state index contributed by atoms with van der Waals surface area (Å²) < 4.78 is 5.04. The minimum atomic E-state index is -1.01. The van der Waals surface area contributed by atoms with Gasteiger partial charge in [-0.25, -0.2) is 4.79 Å². The lowest BCUT2D eigenvalue weighted by molar-refractivity contribution is -0.123. The summed E-state index contributed by atoms with van der Waals surface area (Å²) in [6.45, 7) is 1.45. The zero-order valence-electron chi connectivity index (χ0n) is 11.7. The van der Waals surface area contributed by atoms with Gasteiger partial charge in [0.25, 0.3) is 5.91 Å². The van der Waals surface area contributed by atoms with Crippen LogP contribution < -0.4 is 5.32 Å². The molecule has 0 aromatic heterocycles. The quantitative estimate of drug-likeness (QED) is 0.848. The van der Waals surface area contributed by atoms with Crippen molar-refractivity contribution >= 4 is 29.2 Å². The molecule has 22 heavy (non-hydrogen) atoms. The number of phenolic OH excluding ortho intramolecular Hbond substituents is 1. The molecule has 6 heteroatoms. The largest absolute Gasteiger partial charge is 0.507 e. The summed E-state index contributed by atoms with van der Waals surface area (Å²) in [5.41, 5.74) is 0.550. The maximum atomic E-state index is 12.0. The first-order valence-electron chi connectivity index (χ1n) is 6.53. The number of para-hydroxylation sites is 1. The Kier molecular flexibility index (Phi) is 5.01. The van der Waals surface area contributed by atoms with Crippen molar-refractivity contribution < 1.29 is 19.4 Å². The van der Waals surface area contributed by atoms with Crippen LogP contribution in [0.4, 0.5) is 5.69 Å². The van der Waals surface area contributed by atoms with E-state index >= 15 is 0 Å². The van der Waals surface area contributed by atoms with E-state index in [9.17, 15) is 14.7 Å². The number of anilines is 1. The molecule has 0 spiro atoms. The molecule has 0 saturated carbocycles. The Labute approximate surface area is 132 Å². The molecule has 2 aromatic carbocycles. The van der Waals surface area contributed by atoms with E-state index in [2.05, 4.69) is 5.32 Å². The third-order valence-corrected chi connectivity index (χ3v) is 3.14. The molecule has 0 bridgehead atoms. The second-order valence-electron chi connectivity index (χ2n) is 4.56. The number of hydrogen-bond donors (Lipinski definition) is 2. The Morgan fingerprint density at radius 1 is 1.14 bits per heavy atom. The summed E-state index contributed by atoms with van der Waals surface area (Å²) >= 11 is 5.76. The minimum absolute atomic E-state index is 0.00800. The van der Waals surface area contributed by atoms with Gasteiger partial charge in [-0.3, -0.25) is 4.79 Å². The first kappa shape index (κ1) is 15.9. The van der Waals surface area contributed by atoms with Crippen molar-refractivity contribution in [3.05, 3.63) is 59.1 Å². The van der Waals surface area contributed by atoms with Crippen molar-refractivity contribution in [2.24, 2.45) is 0 Å². The highest BCUT2D eigenvalue weighted by Gasteiger charge is 2.20. The molecule has 0 saturated heterocycles. The van der Waals surface area contributed by atoms with Gasteiger partial charge in [-0.05, 0) is 43.3 Å². The number of hydrogen-bond acceptors (Lipinski definition) is 4. The summed E-state index contributed by atoms with van der Waals surface area (Å²) in [5.74, 6) is -1.44. The molecule has 0 radical (unpaired) electrons. The van der Waals surface area contributed by atoms with Crippen molar-refractivity contribution in [2.75, 3.05) is 5.32 Å². The summed E-state index contributed by atoms with van der Waals surface area (Å²) in [5, 5.41) is 12.7. The van der Waals surface area contributed by atoms with Crippen LogP contribution in [0.25, 0.3) is 0 Å². The monoisotopic (exact) mass is 319 g/mol. The molecule has 0 aliphatic rings. The van der Waals surface area contributed by atoms with Crippen molar-refractivity contribution in [1.29, 1.82) is 0 Å². The highest BCUT2D eigenvalue weighted by Crippen LogP contribution is 2.18. The van der Waals surface area contributed by atoms with Gasteiger partial charge in [0.05, 0.1) is 0 Å². The van der Waals surface area contributed by atoms with Crippen LogP contribution in [0, 0.1) is 0 Å². The van der Waals surface area contributed by atoms with Gasteiger partial charge < -0.3 is 15.2 Å². The molecule has 0 heterocycles. The van der Waals surface area contributed by atoms with E-state index in [1.54, 1.807) is 36.4 Å². The zero-order valence-corrected chi connectivity index (χ0v) is 12.5. The molecule has 114 valence electrons. The Morgan fingerprint density at radius 3 is 2.41 bits per heavy atom. The van der Waals surface area contributed by atoms with Crippen LogP contribution in [0.1, 0.15) is 17.3 Å². The first-order chi connectivity index (χ1) is 10.5. The Bertz CT molecular complexity index is 685. The van der Waals surface area contributed by atoms with Gasteiger partial charge >= 0.3 is 5.97 Å². The van der Waals surface area contributed by atoms with Gasteiger partial charge in [0.15, 0.2) is 6.10 Å². The number of rotatable bonds is 4. The van der Waals surface area contributed by atoms with Crippen LogP contribution in [0.15, 0.2) is 48.5 Å². The lowest BCUT2D eigenvalue weighted by atomic mass is 10.2. The average molecular weight is 320 g/mol.